The highest BCUT2D eigenvalue weighted by Crippen LogP contribution is 2.18. The van der Waals surface area contributed by atoms with E-state index in [4.69, 9.17) is 0 Å². The molecule has 0 aromatic carbocycles. The van der Waals surface area contributed by atoms with E-state index in [9.17, 15) is 9.90 Å². The molecule has 0 bridgehead atoms. The van der Waals surface area contributed by atoms with Crippen LogP contribution >= 0.6 is 11.3 Å². The first-order chi connectivity index (χ1) is 7.75. The third kappa shape index (κ3) is 3.06. The molecule has 0 spiro atoms. The number of hydrogen-bond donors (Lipinski definition) is 1. The van der Waals surface area contributed by atoms with Crippen LogP contribution in [0.25, 0.3) is 0 Å². The standard InChI is InChI=1S/C12H17NO2S/c14-12(15)10(8-11-4-3-7-16-11)9-13-5-1-2-6-13/h3-4,7,10H,1-2,5-6,8-9H2,(H,14,15). The quantitative estimate of drug-likeness (QED) is 0.855. The van der Waals surface area contributed by atoms with Crippen molar-refractivity contribution in [1.29, 1.82) is 0 Å². The number of carboxylic acids is 1. The first-order valence-electron chi connectivity index (χ1n) is 5.73. The molecule has 88 valence electrons. The number of aliphatic carboxylic acids is 1. The van der Waals surface area contributed by atoms with Crippen LogP contribution in [0.1, 0.15) is 17.7 Å². The zero-order valence-corrected chi connectivity index (χ0v) is 10.1. The first kappa shape index (κ1) is 11.6. The molecular weight excluding hydrogens is 222 g/mol. The van der Waals surface area contributed by atoms with Crippen molar-refractivity contribution in [2.45, 2.75) is 19.3 Å². The van der Waals surface area contributed by atoms with Crippen molar-refractivity contribution in [3.63, 3.8) is 0 Å². The SMILES string of the molecule is O=C(O)C(Cc1cccs1)CN1CCCC1. The lowest BCUT2D eigenvalue weighted by atomic mass is 10.0. The molecule has 1 aromatic rings. The van der Waals surface area contributed by atoms with Crippen LogP contribution < -0.4 is 0 Å². The van der Waals surface area contributed by atoms with Crippen molar-refractivity contribution in [2.75, 3.05) is 19.6 Å². The summed E-state index contributed by atoms with van der Waals surface area (Å²) in [5.74, 6) is -0.919. The number of hydrogen-bond acceptors (Lipinski definition) is 3. The highest BCUT2D eigenvalue weighted by Gasteiger charge is 2.23. The molecule has 0 aliphatic carbocycles. The van der Waals surface area contributed by atoms with Crippen LogP contribution in [0.15, 0.2) is 17.5 Å². The zero-order valence-electron chi connectivity index (χ0n) is 9.26. The summed E-state index contributed by atoms with van der Waals surface area (Å²) in [5, 5.41) is 11.2. The van der Waals surface area contributed by atoms with Gasteiger partial charge < -0.3 is 10.0 Å². The Morgan fingerprint density at radius 2 is 2.25 bits per heavy atom. The van der Waals surface area contributed by atoms with E-state index in [1.807, 2.05) is 17.5 Å². The summed E-state index contributed by atoms with van der Waals surface area (Å²) >= 11 is 1.64. The Labute approximate surface area is 99.7 Å². The summed E-state index contributed by atoms with van der Waals surface area (Å²) in [4.78, 5) is 14.6. The van der Waals surface area contributed by atoms with E-state index in [1.165, 1.54) is 17.7 Å². The molecule has 4 heteroatoms. The first-order valence-corrected chi connectivity index (χ1v) is 6.61. The minimum Gasteiger partial charge on any atom is -0.481 e. The Kier molecular flexibility index (Phi) is 3.96. The second kappa shape index (κ2) is 5.46. The summed E-state index contributed by atoms with van der Waals surface area (Å²) in [6.07, 6.45) is 3.10. The average molecular weight is 239 g/mol. The van der Waals surface area contributed by atoms with E-state index < -0.39 is 5.97 Å². The van der Waals surface area contributed by atoms with Crippen LogP contribution in [0.2, 0.25) is 0 Å². The molecule has 2 rings (SSSR count). The zero-order chi connectivity index (χ0) is 11.4. The van der Waals surface area contributed by atoms with Gasteiger partial charge in [-0.3, -0.25) is 4.79 Å². The number of nitrogens with zero attached hydrogens (tertiary/aromatic N) is 1. The third-order valence-corrected chi connectivity index (χ3v) is 3.95. The Hall–Kier alpha value is -0.870. The van der Waals surface area contributed by atoms with Gasteiger partial charge in [0.05, 0.1) is 5.92 Å². The third-order valence-electron chi connectivity index (χ3n) is 3.05. The van der Waals surface area contributed by atoms with Crippen LogP contribution in [0.4, 0.5) is 0 Å². The fourth-order valence-electron chi connectivity index (χ4n) is 2.18. The molecule has 1 aliphatic heterocycles. The molecule has 2 heterocycles. The summed E-state index contributed by atoms with van der Waals surface area (Å²) in [6, 6.07) is 4.00. The summed E-state index contributed by atoms with van der Waals surface area (Å²) in [7, 11) is 0. The van der Waals surface area contributed by atoms with Crippen LogP contribution in [0.3, 0.4) is 0 Å². The minimum absolute atomic E-state index is 0.253. The number of carboxylic acid groups (broad SMARTS) is 1. The van der Waals surface area contributed by atoms with E-state index >= 15 is 0 Å². The van der Waals surface area contributed by atoms with Gasteiger partial charge in [-0.1, -0.05) is 6.07 Å². The van der Waals surface area contributed by atoms with Crippen LogP contribution in [0, 0.1) is 5.92 Å². The van der Waals surface area contributed by atoms with Gasteiger partial charge in [-0.05, 0) is 43.8 Å². The van der Waals surface area contributed by atoms with Gasteiger partial charge in [0.15, 0.2) is 0 Å². The predicted molar refractivity (Wildman–Crippen MR) is 64.8 cm³/mol. The van der Waals surface area contributed by atoms with Gasteiger partial charge in [0.2, 0.25) is 0 Å². The lowest BCUT2D eigenvalue weighted by Gasteiger charge is -2.19. The molecular formula is C12H17NO2S. The molecule has 1 aromatic heterocycles. The van der Waals surface area contributed by atoms with Crippen molar-refractivity contribution in [3.05, 3.63) is 22.4 Å². The summed E-state index contributed by atoms with van der Waals surface area (Å²) in [6.45, 7) is 2.83. The highest BCUT2D eigenvalue weighted by molar-refractivity contribution is 7.09. The van der Waals surface area contributed by atoms with Gasteiger partial charge in [-0.2, -0.15) is 0 Å². The molecule has 0 radical (unpaired) electrons. The van der Waals surface area contributed by atoms with E-state index in [0.29, 0.717) is 13.0 Å². The summed E-state index contributed by atoms with van der Waals surface area (Å²) < 4.78 is 0. The molecule has 1 N–H and O–H groups in total. The number of rotatable bonds is 5. The Balaban J connectivity index is 1.91. The van der Waals surface area contributed by atoms with Crippen LogP contribution in [-0.4, -0.2) is 35.6 Å². The number of likely N-dealkylation sites (tertiary alicyclic amines) is 1. The average Bonchev–Trinajstić information content (AvgIpc) is 2.88. The second-order valence-electron chi connectivity index (χ2n) is 4.33. The largest absolute Gasteiger partial charge is 0.481 e. The molecule has 1 saturated heterocycles. The monoisotopic (exact) mass is 239 g/mol. The smallest absolute Gasteiger partial charge is 0.308 e. The fourth-order valence-corrected chi connectivity index (χ4v) is 2.96. The Bertz CT molecular complexity index is 331. The van der Waals surface area contributed by atoms with E-state index in [1.54, 1.807) is 11.3 Å². The number of carbonyl (C=O) groups is 1. The van der Waals surface area contributed by atoms with Crippen molar-refractivity contribution in [3.8, 4) is 0 Å². The van der Waals surface area contributed by atoms with E-state index in [-0.39, 0.29) is 5.92 Å². The van der Waals surface area contributed by atoms with Crippen LogP contribution in [0.5, 0.6) is 0 Å². The number of thiophene rings is 1. The maximum atomic E-state index is 11.2. The molecule has 1 atom stereocenters. The van der Waals surface area contributed by atoms with Crippen molar-refractivity contribution in [2.24, 2.45) is 5.92 Å². The molecule has 1 fully saturated rings. The minimum atomic E-state index is -0.666. The van der Waals surface area contributed by atoms with Crippen molar-refractivity contribution < 1.29 is 9.90 Å². The van der Waals surface area contributed by atoms with E-state index in [2.05, 4.69) is 4.90 Å². The van der Waals surface area contributed by atoms with Crippen molar-refractivity contribution in [1.82, 2.24) is 4.90 Å². The van der Waals surface area contributed by atoms with Gasteiger partial charge in [0, 0.05) is 11.4 Å². The van der Waals surface area contributed by atoms with Gasteiger partial charge in [0.25, 0.3) is 0 Å². The Morgan fingerprint density at radius 3 is 2.81 bits per heavy atom. The molecule has 1 unspecified atom stereocenters. The van der Waals surface area contributed by atoms with Crippen LogP contribution in [-0.2, 0) is 11.2 Å². The highest BCUT2D eigenvalue weighted by atomic mass is 32.1. The van der Waals surface area contributed by atoms with Gasteiger partial charge in [-0.15, -0.1) is 11.3 Å². The maximum absolute atomic E-state index is 11.2. The van der Waals surface area contributed by atoms with E-state index in [0.717, 1.165) is 13.1 Å². The van der Waals surface area contributed by atoms with Gasteiger partial charge >= 0.3 is 5.97 Å². The molecule has 3 nitrogen and oxygen atoms in total. The molecule has 0 saturated carbocycles. The topological polar surface area (TPSA) is 40.5 Å². The fraction of sp³-hybridized carbons (Fsp3) is 0.583. The van der Waals surface area contributed by atoms with Gasteiger partial charge in [-0.25, -0.2) is 0 Å². The molecule has 1 aliphatic rings. The lowest BCUT2D eigenvalue weighted by Crippen LogP contribution is -2.32. The van der Waals surface area contributed by atoms with Crippen molar-refractivity contribution >= 4 is 17.3 Å². The molecule has 0 amide bonds. The lowest BCUT2D eigenvalue weighted by molar-refractivity contribution is -0.142. The van der Waals surface area contributed by atoms with Gasteiger partial charge in [0.1, 0.15) is 0 Å². The predicted octanol–water partition coefficient (Wildman–Crippen LogP) is 2.09. The summed E-state index contributed by atoms with van der Waals surface area (Å²) in [5.41, 5.74) is 0. The Morgan fingerprint density at radius 1 is 1.50 bits per heavy atom. The normalized spacial score (nSPS) is 18.8. The second-order valence-corrected chi connectivity index (χ2v) is 5.36. The molecule has 16 heavy (non-hydrogen) atoms. The maximum Gasteiger partial charge on any atom is 0.308 e.